The van der Waals surface area contributed by atoms with Gasteiger partial charge in [-0.1, -0.05) is 9.59 Å². The predicted molar refractivity (Wildman–Crippen MR) is 59.4 cm³/mol. The van der Waals surface area contributed by atoms with Crippen LogP contribution >= 0.6 is 11.5 Å². The zero-order valence-corrected chi connectivity index (χ0v) is 9.45. The summed E-state index contributed by atoms with van der Waals surface area (Å²) >= 11 is 0.904. The third kappa shape index (κ3) is 2.33. The molecular formula is C8H7FN6OS. The van der Waals surface area contributed by atoms with E-state index in [0.717, 1.165) is 11.5 Å². The van der Waals surface area contributed by atoms with Gasteiger partial charge in [-0.15, -0.1) is 0 Å². The van der Waals surface area contributed by atoms with E-state index in [0.29, 0.717) is 0 Å². The van der Waals surface area contributed by atoms with Crippen LogP contribution in [0.1, 0.15) is 10.4 Å². The predicted octanol–water partition coefficient (Wildman–Crippen LogP) is 0.761. The van der Waals surface area contributed by atoms with E-state index in [1.165, 1.54) is 19.3 Å². The molecule has 0 saturated heterocycles. The highest BCUT2D eigenvalue weighted by Gasteiger charge is 2.16. The van der Waals surface area contributed by atoms with Crippen molar-refractivity contribution in [3.8, 4) is 0 Å². The minimum atomic E-state index is -0.718. The van der Waals surface area contributed by atoms with Gasteiger partial charge in [-0.2, -0.15) is 0 Å². The number of halogens is 1. The largest absolute Gasteiger partial charge is 0.371 e. The lowest BCUT2D eigenvalue weighted by Crippen LogP contribution is -2.15. The maximum absolute atomic E-state index is 13.7. The molecule has 17 heavy (non-hydrogen) atoms. The molecule has 0 aliphatic carbocycles. The summed E-state index contributed by atoms with van der Waals surface area (Å²) < 4.78 is 17.2. The molecule has 2 aromatic heterocycles. The Morgan fingerprint density at radius 2 is 2.35 bits per heavy atom. The molecule has 2 rings (SSSR count). The quantitative estimate of drug-likeness (QED) is 0.840. The molecule has 2 aromatic rings. The summed E-state index contributed by atoms with van der Waals surface area (Å²) in [5.41, 5.74) is -0.125. The van der Waals surface area contributed by atoms with Gasteiger partial charge in [-0.05, 0) is 11.3 Å². The summed E-state index contributed by atoms with van der Waals surface area (Å²) in [6.45, 7) is 0. The van der Waals surface area contributed by atoms with E-state index >= 15 is 0 Å². The van der Waals surface area contributed by atoms with Gasteiger partial charge in [0.15, 0.2) is 11.6 Å². The molecule has 0 fully saturated rings. The molecule has 0 atom stereocenters. The van der Waals surface area contributed by atoms with Crippen LogP contribution in [0.4, 0.5) is 15.3 Å². The third-order valence-corrected chi connectivity index (χ3v) is 2.40. The molecule has 1 amide bonds. The zero-order chi connectivity index (χ0) is 12.3. The number of nitrogens with zero attached hydrogens (tertiary/aromatic N) is 4. The van der Waals surface area contributed by atoms with Crippen LogP contribution in [0.5, 0.6) is 0 Å². The van der Waals surface area contributed by atoms with E-state index in [1.807, 2.05) is 0 Å². The summed E-state index contributed by atoms with van der Waals surface area (Å²) in [4.78, 5) is 15.4. The molecule has 0 spiro atoms. The van der Waals surface area contributed by atoms with Crippen molar-refractivity contribution >= 4 is 28.4 Å². The fourth-order valence-electron chi connectivity index (χ4n) is 1.14. The fourth-order valence-corrected chi connectivity index (χ4v) is 1.50. The standard InChI is InChI=1S/C8H7FN6OS/c1-10-6-5(9)4(2-3-11-6)7(16)12-8-13-14-15-17-8/h2-3H,1H3,(H,10,11)(H,12,13,15,16). The third-order valence-electron chi connectivity index (χ3n) is 1.89. The molecule has 88 valence electrons. The average Bonchev–Trinajstić information content (AvgIpc) is 2.82. The summed E-state index contributed by atoms with van der Waals surface area (Å²) in [6, 6.07) is 1.28. The second kappa shape index (κ2) is 4.78. The molecule has 0 radical (unpaired) electrons. The first-order valence-corrected chi connectivity index (χ1v) is 5.28. The van der Waals surface area contributed by atoms with E-state index in [9.17, 15) is 9.18 Å². The van der Waals surface area contributed by atoms with E-state index < -0.39 is 11.7 Å². The highest BCUT2D eigenvalue weighted by molar-refractivity contribution is 7.09. The zero-order valence-electron chi connectivity index (χ0n) is 8.64. The van der Waals surface area contributed by atoms with E-state index in [2.05, 4.69) is 30.4 Å². The average molecular weight is 254 g/mol. The Kier molecular flexibility index (Phi) is 3.19. The monoisotopic (exact) mass is 254 g/mol. The lowest BCUT2D eigenvalue weighted by molar-refractivity contribution is 0.102. The first-order valence-electron chi connectivity index (χ1n) is 4.51. The van der Waals surface area contributed by atoms with Crippen LogP contribution in [0.2, 0.25) is 0 Å². The minimum absolute atomic E-state index is 0.00744. The highest BCUT2D eigenvalue weighted by Crippen LogP contribution is 2.16. The SMILES string of the molecule is CNc1nccc(C(=O)Nc2nnns2)c1F. The van der Waals surface area contributed by atoms with Crippen molar-refractivity contribution in [3.05, 3.63) is 23.6 Å². The summed E-state index contributed by atoms with van der Waals surface area (Å²) in [5, 5.41) is 12.0. The number of anilines is 2. The molecule has 0 bridgehead atoms. The van der Waals surface area contributed by atoms with Crippen LogP contribution in [0.15, 0.2) is 12.3 Å². The highest BCUT2D eigenvalue weighted by atomic mass is 32.1. The number of aromatic nitrogens is 4. The summed E-state index contributed by atoms with van der Waals surface area (Å²) in [7, 11) is 1.52. The molecule has 0 saturated carbocycles. The van der Waals surface area contributed by atoms with Crippen molar-refractivity contribution < 1.29 is 9.18 Å². The minimum Gasteiger partial charge on any atom is -0.371 e. The van der Waals surface area contributed by atoms with E-state index in [1.54, 1.807) is 0 Å². The molecule has 0 aliphatic rings. The molecule has 2 heterocycles. The maximum Gasteiger partial charge on any atom is 0.260 e. The van der Waals surface area contributed by atoms with Crippen LogP contribution in [-0.2, 0) is 0 Å². The van der Waals surface area contributed by atoms with Gasteiger partial charge in [0.2, 0.25) is 5.13 Å². The summed E-state index contributed by atoms with van der Waals surface area (Å²) in [6.07, 6.45) is 1.34. The Morgan fingerprint density at radius 1 is 1.53 bits per heavy atom. The maximum atomic E-state index is 13.7. The number of hydrogen-bond donors (Lipinski definition) is 2. The van der Waals surface area contributed by atoms with Crippen LogP contribution in [-0.4, -0.2) is 32.7 Å². The van der Waals surface area contributed by atoms with Crippen LogP contribution < -0.4 is 10.6 Å². The molecule has 9 heteroatoms. The number of pyridine rings is 1. The van der Waals surface area contributed by atoms with Gasteiger partial charge in [-0.25, -0.2) is 9.37 Å². The van der Waals surface area contributed by atoms with E-state index in [-0.39, 0.29) is 16.5 Å². The second-order valence-electron chi connectivity index (χ2n) is 2.89. The van der Waals surface area contributed by atoms with E-state index in [4.69, 9.17) is 0 Å². The lowest BCUT2D eigenvalue weighted by atomic mass is 10.2. The van der Waals surface area contributed by atoms with Crippen LogP contribution in [0.3, 0.4) is 0 Å². The first kappa shape index (κ1) is 11.3. The fraction of sp³-hybridized carbons (Fsp3) is 0.125. The number of carbonyl (C=O) groups excluding carboxylic acids is 1. The molecule has 0 unspecified atom stereocenters. The molecular weight excluding hydrogens is 247 g/mol. The number of carbonyl (C=O) groups is 1. The lowest BCUT2D eigenvalue weighted by Gasteiger charge is -2.05. The normalized spacial score (nSPS) is 10.0. The molecule has 7 nitrogen and oxygen atoms in total. The Labute approximate surface area is 99.2 Å². The molecule has 0 aromatic carbocycles. The van der Waals surface area contributed by atoms with Crippen molar-refractivity contribution in [1.29, 1.82) is 0 Å². The molecule has 2 N–H and O–H groups in total. The van der Waals surface area contributed by atoms with Crippen molar-refractivity contribution in [2.24, 2.45) is 0 Å². The van der Waals surface area contributed by atoms with Gasteiger partial charge in [0.05, 0.1) is 5.56 Å². The first-order chi connectivity index (χ1) is 8.22. The Balaban J connectivity index is 2.25. The van der Waals surface area contributed by atoms with Crippen molar-refractivity contribution in [2.45, 2.75) is 0 Å². The Hall–Kier alpha value is -2.16. The van der Waals surface area contributed by atoms with Gasteiger partial charge < -0.3 is 5.32 Å². The van der Waals surface area contributed by atoms with Gasteiger partial charge >= 0.3 is 0 Å². The number of rotatable bonds is 3. The van der Waals surface area contributed by atoms with Crippen LogP contribution in [0.25, 0.3) is 0 Å². The number of nitrogens with one attached hydrogen (secondary N) is 2. The van der Waals surface area contributed by atoms with Gasteiger partial charge in [0.25, 0.3) is 5.91 Å². The Morgan fingerprint density at radius 3 is 3.00 bits per heavy atom. The topological polar surface area (TPSA) is 92.7 Å². The van der Waals surface area contributed by atoms with Crippen molar-refractivity contribution in [3.63, 3.8) is 0 Å². The number of hydrogen-bond acceptors (Lipinski definition) is 7. The second-order valence-corrected chi connectivity index (χ2v) is 3.63. The van der Waals surface area contributed by atoms with Gasteiger partial charge in [0.1, 0.15) is 0 Å². The van der Waals surface area contributed by atoms with Crippen LogP contribution in [0, 0.1) is 5.82 Å². The van der Waals surface area contributed by atoms with Crippen molar-refractivity contribution in [1.82, 2.24) is 19.8 Å². The molecule has 0 aliphatic heterocycles. The van der Waals surface area contributed by atoms with Gasteiger partial charge in [0, 0.05) is 24.8 Å². The smallest absolute Gasteiger partial charge is 0.260 e. The summed E-state index contributed by atoms with van der Waals surface area (Å²) in [5.74, 6) is -1.34. The number of amides is 1. The Bertz CT molecular complexity index is 531. The van der Waals surface area contributed by atoms with Gasteiger partial charge in [-0.3, -0.25) is 10.1 Å². The van der Waals surface area contributed by atoms with Crippen molar-refractivity contribution in [2.75, 3.05) is 17.7 Å².